The van der Waals surface area contributed by atoms with Crippen molar-refractivity contribution in [3.05, 3.63) is 134 Å². The van der Waals surface area contributed by atoms with Crippen LogP contribution < -0.4 is 0 Å². The SMILES string of the molecule is c1cc2ccc3cccc4c5cc(-c6ccc(-c7cn8cccnc8n7)cn6)cc6ccc7cccc(c(c1)c2c34)c7c65. The van der Waals surface area contributed by atoms with Crippen molar-refractivity contribution < 1.29 is 0 Å². The monoisotopic (exact) mass is 546 g/mol. The third-order valence-electron chi connectivity index (χ3n) is 9.01. The van der Waals surface area contributed by atoms with Crippen molar-refractivity contribution in [2.75, 3.05) is 0 Å². The van der Waals surface area contributed by atoms with E-state index in [9.17, 15) is 0 Å². The molecule has 4 heteroatoms. The number of rotatable bonds is 2. The molecule has 0 aliphatic carbocycles. The smallest absolute Gasteiger partial charge is 0.234 e. The lowest BCUT2D eigenvalue weighted by Crippen LogP contribution is -1.90. The summed E-state index contributed by atoms with van der Waals surface area (Å²) in [6.07, 6.45) is 7.63. The first kappa shape index (κ1) is 22.8. The van der Waals surface area contributed by atoms with Gasteiger partial charge in [0, 0.05) is 35.9 Å². The quantitative estimate of drug-likeness (QED) is 0.203. The maximum Gasteiger partial charge on any atom is 0.234 e. The van der Waals surface area contributed by atoms with Crippen molar-refractivity contribution in [1.82, 2.24) is 19.4 Å². The van der Waals surface area contributed by atoms with Gasteiger partial charge in [0.05, 0.1) is 11.4 Å². The van der Waals surface area contributed by atoms with Gasteiger partial charge in [-0.25, -0.2) is 9.97 Å². The van der Waals surface area contributed by atoms with E-state index in [4.69, 9.17) is 4.98 Å². The van der Waals surface area contributed by atoms with Crippen LogP contribution in [0.5, 0.6) is 0 Å². The fraction of sp³-hybridized carbons (Fsp3) is 0. The Morgan fingerprint density at radius 1 is 0.465 bits per heavy atom. The van der Waals surface area contributed by atoms with Gasteiger partial charge in [-0.1, -0.05) is 78.9 Å². The molecule has 3 heterocycles. The Hall–Kier alpha value is -5.87. The zero-order chi connectivity index (χ0) is 28.1. The van der Waals surface area contributed by atoms with E-state index in [0.29, 0.717) is 5.78 Å². The number of fused-ring (bicyclic) bond motifs is 3. The topological polar surface area (TPSA) is 43.1 Å². The molecular formula is C39H22N4. The first-order valence-electron chi connectivity index (χ1n) is 14.5. The molecule has 0 saturated heterocycles. The number of aromatic nitrogens is 4. The highest BCUT2D eigenvalue weighted by Crippen LogP contribution is 2.44. The third kappa shape index (κ3) is 3.18. The number of hydrogen-bond acceptors (Lipinski definition) is 3. The Morgan fingerprint density at radius 3 is 1.72 bits per heavy atom. The Bertz CT molecular complexity index is 2680. The van der Waals surface area contributed by atoms with Crippen molar-refractivity contribution in [2.45, 2.75) is 0 Å². The van der Waals surface area contributed by atoms with Gasteiger partial charge < -0.3 is 0 Å². The van der Waals surface area contributed by atoms with Gasteiger partial charge in [0.2, 0.25) is 5.78 Å². The minimum absolute atomic E-state index is 0.680. The van der Waals surface area contributed by atoms with E-state index < -0.39 is 0 Å². The largest absolute Gasteiger partial charge is 0.291 e. The van der Waals surface area contributed by atoms with Crippen LogP contribution in [-0.4, -0.2) is 19.4 Å². The van der Waals surface area contributed by atoms with Crippen molar-refractivity contribution in [1.29, 1.82) is 0 Å². The van der Waals surface area contributed by atoms with E-state index in [-0.39, 0.29) is 0 Å². The summed E-state index contributed by atoms with van der Waals surface area (Å²) in [6.45, 7) is 0. The van der Waals surface area contributed by atoms with Crippen molar-refractivity contribution >= 4 is 70.4 Å². The average Bonchev–Trinajstić information content (AvgIpc) is 3.51. The summed E-state index contributed by atoms with van der Waals surface area (Å²) in [5.74, 6) is 0.680. The first-order valence-corrected chi connectivity index (χ1v) is 14.5. The van der Waals surface area contributed by atoms with Gasteiger partial charge in [-0.05, 0) is 95.0 Å². The molecule has 0 aliphatic heterocycles. The molecule has 0 saturated carbocycles. The van der Waals surface area contributed by atoms with Crippen LogP contribution in [0.3, 0.4) is 0 Å². The average molecular weight is 547 g/mol. The molecule has 0 aliphatic rings. The summed E-state index contributed by atoms with van der Waals surface area (Å²) in [4.78, 5) is 14.0. The highest BCUT2D eigenvalue weighted by Gasteiger charge is 2.16. The van der Waals surface area contributed by atoms with E-state index in [1.165, 1.54) is 64.6 Å². The Kier molecular flexibility index (Phi) is 4.42. The molecule has 0 unspecified atom stereocenters. The molecule has 3 aromatic heterocycles. The van der Waals surface area contributed by atoms with E-state index in [2.05, 4.69) is 113 Å². The second-order valence-electron chi connectivity index (χ2n) is 11.3. The van der Waals surface area contributed by atoms with Crippen LogP contribution >= 0.6 is 0 Å². The number of hydrogen-bond donors (Lipinski definition) is 0. The van der Waals surface area contributed by atoms with Gasteiger partial charge in [0.25, 0.3) is 0 Å². The highest BCUT2D eigenvalue weighted by molar-refractivity contribution is 6.37. The van der Waals surface area contributed by atoms with Crippen LogP contribution in [0.25, 0.3) is 92.9 Å². The Balaban J connectivity index is 1.31. The van der Waals surface area contributed by atoms with Crippen molar-refractivity contribution in [2.24, 2.45) is 0 Å². The summed E-state index contributed by atoms with van der Waals surface area (Å²) in [5, 5.41) is 15.3. The standard InChI is InChI=1S/C39H22N4/c1-5-23-11-12-24-7-3-10-31-32-20-28(33-16-15-27(21-41-33)34-22-43-18-4-17-40-39(43)42-34)19-26-14-13-25-6-2-9-30(36(25)38(26)32)29(8-1)35(23)37(24)31/h1-22H. The normalized spacial score (nSPS) is 12.2. The molecule has 0 bridgehead atoms. The summed E-state index contributed by atoms with van der Waals surface area (Å²) >= 11 is 0. The lowest BCUT2D eigenvalue weighted by Gasteiger charge is -2.17. The van der Waals surface area contributed by atoms with Gasteiger partial charge in [-0.2, -0.15) is 0 Å². The van der Waals surface area contributed by atoms with Gasteiger partial charge in [-0.3, -0.25) is 9.38 Å². The fourth-order valence-electron chi connectivity index (χ4n) is 7.12. The molecule has 0 N–H and O–H groups in total. The van der Waals surface area contributed by atoms with Crippen molar-refractivity contribution in [3.63, 3.8) is 0 Å². The van der Waals surface area contributed by atoms with Gasteiger partial charge >= 0.3 is 0 Å². The van der Waals surface area contributed by atoms with Crippen LogP contribution in [0.2, 0.25) is 0 Å². The summed E-state index contributed by atoms with van der Waals surface area (Å²) in [7, 11) is 0. The Labute approximate surface area is 245 Å². The predicted molar refractivity (Wildman–Crippen MR) is 178 cm³/mol. The predicted octanol–water partition coefficient (Wildman–Crippen LogP) is 9.82. The van der Waals surface area contributed by atoms with E-state index >= 15 is 0 Å². The van der Waals surface area contributed by atoms with E-state index in [0.717, 1.165) is 22.5 Å². The van der Waals surface area contributed by atoms with Crippen molar-refractivity contribution in [3.8, 4) is 22.5 Å². The minimum atomic E-state index is 0.680. The molecule has 0 atom stereocenters. The number of benzene rings is 6. The molecule has 4 nitrogen and oxygen atoms in total. The summed E-state index contributed by atoms with van der Waals surface area (Å²) in [5.41, 5.74) is 3.86. The minimum Gasteiger partial charge on any atom is -0.291 e. The molecule has 0 amide bonds. The lowest BCUT2D eigenvalue weighted by atomic mass is 9.87. The maximum absolute atomic E-state index is 4.95. The highest BCUT2D eigenvalue weighted by atomic mass is 15.1. The molecular weight excluding hydrogens is 524 g/mol. The van der Waals surface area contributed by atoms with Crippen LogP contribution in [0.4, 0.5) is 0 Å². The van der Waals surface area contributed by atoms with Crippen LogP contribution in [0, 0.1) is 0 Å². The van der Waals surface area contributed by atoms with Gasteiger partial charge in [0.1, 0.15) is 0 Å². The maximum atomic E-state index is 4.95. The van der Waals surface area contributed by atoms with Crippen LogP contribution in [0.15, 0.2) is 134 Å². The molecule has 10 rings (SSSR count). The molecule has 7 aromatic carbocycles. The van der Waals surface area contributed by atoms with Gasteiger partial charge in [0.15, 0.2) is 0 Å². The van der Waals surface area contributed by atoms with Crippen LogP contribution in [0.1, 0.15) is 0 Å². The zero-order valence-corrected chi connectivity index (χ0v) is 23.0. The van der Waals surface area contributed by atoms with Gasteiger partial charge in [-0.15, -0.1) is 0 Å². The lowest BCUT2D eigenvalue weighted by molar-refractivity contribution is 1.11. The summed E-state index contributed by atoms with van der Waals surface area (Å²) < 4.78 is 1.93. The Morgan fingerprint density at radius 2 is 1.09 bits per heavy atom. The number of pyridine rings is 1. The number of imidazole rings is 1. The molecule has 198 valence electrons. The zero-order valence-electron chi connectivity index (χ0n) is 23.0. The van der Waals surface area contributed by atoms with E-state index in [1.807, 2.05) is 29.1 Å². The molecule has 43 heavy (non-hydrogen) atoms. The van der Waals surface area contributed by atoms with Crippen LogP contribution in [-0.2, 0) is 0 Å². The molecule has 0 radical (unpaired) electrons. The number of nitrogens with zero attached hydrogens (tertiary/aromatic N) is 4. The second kappa shape index (κ2) is 8.34. The molecule has 0 spiro atoms. The summed E-state index contributed by atoms with van der Waals surface area (Å²) in [6, 6.07) is 39.9. The van der Waals surface area contributed by atoms with E-state index in [1.54, 1.807) is 6.20 Å². The second-order valence-corrected chi connectivity index (χ2v) is 11.3. The first-order chi connectivity index (χ1) is 21.3. The molecule has 10 aromatic rings. The third-order valence-corrected chi connectivity index (χ3v) is 9.01. The fourth-order valence-corrected chi connectivity index (χ4v) is 7.12. The molecule has 0 fully saturated rings.